The van der Waals surface area contributed by atoms with Crippen molar-refractivity contribution in [3.63, 3.8) is 0 Å². The summed E-state index contributed by atoms with van der Waals surface area (Å²) in [5.41, 5.74) is -3.78. The molecule has 1 atom stereocenters. The number of nitriles is 1. The molecule has 0 aliphatic heterocycles. The molecular weight excluding hydrogens is 494 g/mol. The van der Waals surface area contributed by atoms with Gasteiger partial charge < -0.3 is 5.32 Å². The van der Waals surface area contributed by atoms with Gasteiger partial charge >= 0.3 is 12.4 Å². The van der Waals surface area contributed by atoms with Gasteiger partial charge in [0.25, 0.3) is 5.91 Å². The summed E-state index contributed by atoms with van der Waals surface area (Å²) in [4.78, 5) is 32.9. The molecule has 0 fully saturated rings. The number of ketones is 1. The van der Waals surface area contributed by atoms with Gasteiger partial charge in [-0.3, -0.25) is 9.59 Å². The van der Waals surface area contributed by atoms with E-state index in [1.165, 1.54) is 29.9 Å². The van der Waals surface area contributed by atoms with E-state index in [9.17, 15) is 35.9 Å². The molecule has 0 spiro atoms. The summed E-state index contributed by atoms with van der Waals surface area (Å²) in [6.07, 6.45) is -8.25. The number of rotatable bonds is 7. The van der Waals surface area contributed by atoms with Crippen LogP contribution in [0, 0.1) is 11.3 Å². The summed E-state index contributed by atoms with van der Waals surface area (Å²) < 4.78 is 80.0. The summed E-state index contributed by atoms with van der Waals surface area (Å²) in [5.74, 6) is -2.08. The van der Waals surface area contributed by atoms with Crippen molar-refractivity contribution in [1.82, 2.24) is 25.1 Å². The van der Waals surface area contributed by atoms with Crippen LogP contribution < -0.4 is 5.32 Å². The van der Waals surface area contributed by atoms with E-state index >= 15 is 0 Å². The highest BCUT2D eigenvalue weighted by molar-refractivity contribution is 5.97. The zero-order valence-corrected chi connectivity index (χ0v) is 18.4. The number of carbonyl (C=O) groups is 2. The first-order valence-corrected chi connectivity index (χ1v) is 10.2. The van der Waals surface area contributed by atoms with Crippen molar-refractivity contribution in [1.29, 1.82) is 5.26 Å². The molecule has 2 aromatic heterocycles. The maximum Gasteiger partial charge on any atom is 0.416 e. The Morgan fingerprint density at radius 2 is 1.67 bits per heavy atom. The van der Waals surface area contributed by atoms with Crippen LogP contribution in [0.1, 0.15) is 56.9 Å². The first kappa shape index (κ1) is 26.3. The molecule has 14 heteroatoms. The van der Waals surface area contributed by atoms with E-state index in [0.29, 0.717) is 12.1 Å². The maximum atomic E-state index is 13.1. The van der Waals surface area contributed by atoms with E-state index in [4.69, 9.17) is 5.26 Å². The predicted molar refractivity (Wildman–Crippen MR) is 111 cm³/mol. The Balaban J connectivity index is 1.88. The van der Waals surface area contributed by atoms with Crippen molar-refractivity contribution in [2.45, 2.75) is 31.6 Å². The molecule has 0 unspecified atom stereocenters. The molecule has 2 heterocycles. The fourth-order valence-corrected chi connectivity index (χ4v) is 3.26. The molecule has 0 bridgehead atoms. The molecule has 36 heavy (non-hydrogen) atoms. The number of nitrogens with zero attached hydrogens (tertiary/aromatic N) is 5. The maximum absolute atomic E-state index is 13.1. The summed E-state index contributed by atoms with van der Waals surface area (Å²) in [6, 6.07) is 5.17. The van der Waals surface area contributed by atoms with Crippen LogP contribution in [0.2, 0.25) is 0 Å². The lowest BCUT2D eigenvalue weighted by atomic mass is 9.95. The smallest absolute Gasteiger partial charge is 0.339 e. The number of hydrogen-bond acceptors (Lipinski definition) is 6. The van der Waals surface area contributed by atoms with Crippen LogP contribution in [0.4, 0.5) is 26.3 Å². The average molecular weight is 510 g/mol. The zero-order chi connectivity index (χ0) is 26.7. The standard InChI is InChI=1S/C22H16F6N6O2/c1-12(6-17(35)14-7-15(21(23,24)25)10-16(8-14)22(26,27)28)19-32-11-33-34(19)18-9-13(2-4-30-18)20(36)31-5-3-29/h2,4,7-12H,5-6H2,1H3,(H,31,36)/t12-/m1/s1. The Morgan fingerprint density at radius 1 is 1.03 bits per heavy atom. The average Bonchev–Trinajstić information content (AvgIpc) is 3.31. The highest BCUT2D eigenvalue weighted by Crippen LogP contribution is 2.37. The number of nitrogens with one attached hydrogen (secondary N) is 1. The van der Waals surface area contributed by atoms with Crippen LogP contribution in [-0.2, 0) is 12.4 Å². The third-order valence-electron chi connectivity index (χ3n) is 4.97. The quantitative estimate of drug-likeness (QED) is 0.288. The van der Waals surface area contributed by atoms with E-state index in [-0.39, 0.29) is 29.8 Å². The molecule has 1 N–H and O–H groups in total. The van der Waals surface area contributed by atoms with Crippen LogP contribution in [0.25, 0.3) is 5.82 Å². The highest BCUT2D eigenvalue weighted by atomic mass is 19.4. The molecule has 3 aromatic rings. The van der Waals surface area contributed by atoms with Crippen molar-refractivity contribution in [3.05, 3.63) is 70.9 Å². The first-order valence-electron chi connectivity index (χ1n) is 10.2. The highest BCUT2D eigenvalue weighted by Gasteiger charge is 2.37. The number of benzene rings is 1. The molecule has 1 aromatic carbocycles. The second-order valence-electron chi connectivity index (χ2n) is 7.60. The Morgan fingerprint density at radius 3 is 2.25 bits per heavy atom. The fraction of sp³-hybridized carbons (Fsp3) is 0.273. The lowest BCUT2D eigenvalue weighted by molar-refractivity contribution is -0.143. The normalized spacial score (nSPS) is 12.6. The molecule has 3 rings (SSSR count). The number of Topliss-reactive ketones (excluding diaryl/α,β-unsaturated/α-hetero) is 1. The minimum absolute atomic E-state index is 0.0533. The van der Waals surface area contributed by atoms with Crippen molar-refractivity contribution < 1.29 is 35.9 Å². The second kappa shape index (κ2) is 10.1. The molecule has 0 saturated carbocycles. The molecule has 8 nitrogen and oxygen atoms in total. The van der Waals surface area contributed by atoms with E-state index in [1.54, 1.807) is 6.07 Å². The SMILES string of the molecule is C[C@H](CC(=O)c1cc(C(F)(F)F)cc(C(F)(F)F)c1)c1ncnn1-c1cc(C(=O)NCC#N)ccn1. The Kier molecular flexibility index (Phi) is 7.42. The van der Waals surface area contributed by atoms with Gasteiger partial charge in [-0.1, -0.05) is 6.92 Å². The molecule has 0 saturated heterocycles. The summed E-state index contributed by atoms with van der Waals surface area (Å²) in [7, 11) is 0. The zero-order valence-electron chi connectivity index (χ0n) is 18.4. The van der Waals surface area contributed by atoms with Crippen LogP contribution in [0.3, 0.4) is 0 Å². The van der Waals surface area contributed by atoms with Crippen LogP contribution in [0.15, 0.2) is 42.9 Å². The minimum atomic E-state index is -5.09. The van der Waals surface area contributed by atoms with Crippen molar-refractivity contribution in [2.24, 2.45) is 0 Å². The van der Waals surface area contributed by atoms with Gasteiger partial charge in [-0.2, -0.15) is 41.4 Å². The second-order valence-corrected chi connectivity index (χ2v) is 7.60. The third kappa shape index (κ3) is 6.04. The van der Waals surface area contributed by atoms with Crippen LogP contribution in [0.5, 0.6) is 0 Å². The van der Waals surface area contributed by atoms with Crippen LogP contribution >= 0.6 is 0 Å². The van der Waals surface area contributed by atoms with E-state index in [0.717, 1.165) is 6.33 Å². The lowest BCUT2D eigenvalue weighted by Crippen LogP contribution is -2.23. The number of carbonyl (C=O) groups excluding carboxylic acids is 2. The topological polar surface area (TPSA) is 114 Å². The Bertz CT molecular complexity index is 1290. The fourth-order valence-electron chi connectivity index (χ4n) is 3.26. The lowest BCUT2D eigenvalue weighted by Gasteiger charge is -2.15. The van der Waals surface area contributed by atoms with Crippen LogP contribution in [-0.4, -0.2) is 38.0 Å². The largest absolute Gasteiger partial charge is 0.416 e. The van der Waals surface area contributed by atoms with E-state index in [1.807, 2.05) is 0 Å². The predicted octanol–water partition coefficient (Wildman–Crippen LogP) is 4.33. The molecule has 0 radical (unpaired) electrons. The molecule has 188 valence electrons. The minimum Gasteiger partial charge on any atom is -0.339 e. The summed E-state index contributed by atoms with van der Waals surface area (Å²) >= 11 is 0. The summed E-state index contributed by atoms with van der Waals surface area (Å²) in [6.45, 7) is 1.26. The monoisotopic (exact) mass is 510 g/mol. The number of aromatic nitrogens is 4. The first-order chi connectivity index (χ1) is 16.8. The number of amides is 1. The number of pyridine rings is 1. The van der Waals surface area contributed by atoms with Crippen molar-refractivity contribution in [3.8, 4) is 11.9 Å². The number of halogens is 6. The van der Waals surface area contributed by atoms with E-state index in [2.05, 4.69) is 20.4 Å². The number of alkyl halides is 6. The van der Waals surface area contributed by atoms with E-state index < -0.39 is 53.1 Å². The van der Waals surface area contributed by atoms with Gasteiger partial charge in [-0.25, -0.2) is 9.97 Å². The van der Waals surface area contributed by atoms with Gasteiger partial charge in [-0.15, -0.1) is 0 Å². The van der Waals surface area contributed by atoms with Gasteiger partial charge in [0.05, 0.1) is 17.2 Å². The Hall–Kier alpha value is -4.28. The van der Waals surface area contributed by atoms with Gasteiger partial charge in [0.2, 0.25) is 0 Å². The Labute approximate surface area is 199 Å². The molecule has 0 aliphatic carbocycles. The van der Waals surface area contributed by atoms with Crippen molar-refractivity contribution in [2.75, 3.05) is 6.54 Å². The third-order valence-corrected chi connectivity index (χ3v) is 4.97. The number of hydrogen-bond donors (Lipinski definition) is 1. The van der Waals surface area contributed by atoms with Gasteiger partial charge in [0.15, 0.2) is 11.6 Å². The van der Waals surface area contributed by atoms with Crippen molar-refractivity contribution >= 4 is 11.7 Å². The molecule has 0 aliphatic rings. The van der Waals surface area contributed by atoms with Gasteiger partial charge in [-0.05, 0) is 30.3 Å². The summed E-state index contributed by atoms with van der Waals surface area (Å²) in [5, 5.41) is 14.9. The van der Waals surface area contributed by atoms with Gasteiger partial charge in [0.1, 0.15) is 18.7 Å². The molecular formula is C22H16F6N6O2. The molecule has 1 amide bonds. The van der Waals surface area contributed by atoms with Gasteiger partial charge in [0, 0.05) is 29.7 Å².